The van der Waals surface area contributed by atoms with E-state index in [-0.39, 0.29) is 11.6 Å². The van der Waals surface area contributed by atoms with Crippen molar-refractivity contribution in [3.05, 3.63) is 68.9 Å². The quantitative estimate of drug-likeness (QED) is 0.750. The molecule has 92 valence electrons. The second kappa shape index (κ2) is 5.02. The minimum atomic E-state index is -0.296. The smallest absolute Gasteiger partial charge is 0.194 e. The summed E-state index contributed by atoms with van der Waals surface area (Å²) in [6.07, 6.45) is 0. The van der Waals surface area contributed by atoms with Crippen LogP contribution in [-0.2, 0) is 0 Å². The van der Waals surface area contributed by atoms with Crippen molar-refractivity contribution in [1.29, 1.82) is 0 Å². The molecule has 0 aliphatic rings. The van der Waals surface area contributed by atoms with E-state index < -0.39 is 0 Å². The van der Waals surface area contributed by atoms with Crippen LogP contribution in [0.3, 0.4) is 0 Å². The number of aryl methyl sites for hydroxylation is 2. The van der Waals surface area contributed by atoms with Gasteiger partial charge in [0.15, 0.2) is 5.78 Å². The highest BCUT2D eigenvalue weighted by atomic mass is 79.9. The molecule has 0 bridgehead atoms. The fraction of sp³-hybridized carbons (Fsp3) is 0.133. The normalized spacial score (nSPS) is 10.4. The third-order valence-electron chi connectivity index (χ3n) is 2.79. The van der Waals surface area contributed by atoms with Gasteiger partial charge in [-0.2, -0.15) is 0 Å². The van der Waals surface area contributed by atoms with Gasteiger partial charge in [0.05, 0.1) is 0 Å². The van der Waals surface area contributed by atoms with Crippen molar-refractivity contribution in [2.45, 2.75) is 13.8 Å². The van der Waals surface area contributed by atoms with E-state index >= 15 is 0 Å². The van der Waals surface area contributed by atoms with Crippen LogP contribution in [0, 0.1) is 19.7 Å². The molecular weight excluding hydrogens is 295 g/mol. The fourth-order valence-electron chi connectivity index (χ4n) is 1.75. The Bertz CT molecular complexity index is 620. The van der Waals surface area contributed by atoms with Gasteiger partial charge in [-0.1, -0.05) is 27.6 Å². The highest BCUT2D eigenvalue weighted by molar-refractivity contribution is 9.10. The molecule has 3 heteroatoms. The van der Waals surface area contributed by atoms with Crippen molar-refractivity contribution in [3.63, 3.8) is 0 Å². The lowest BCUT2D eigenvalue weighted by Gasteiger charge is -2.06. The van der Waals surface area contributed by atoms with E-state index in [9.17, 15) is 9.18 Å². The monoisotopic (exact) mass is 306 g/mol. The highest BCUT2D eigenvalue weighted by Crippen LogP contribution is 2.22. The van der Waals surface area contributed by atoms with E-state index in [2.05, 4.69) is 15.9 Å². The van der Waals surface area contributed by atoms with E-state index in [4.69, 9.17) is 0 Å². The van der Waals surface area contributed by atoms with Crippen LogP contribution in [0.15, 0.2) is 40.9 Å². The van der Waals surface area contributed by atoms with E-state index in [0.29, 0.717) is 16.7 Å². The molecule has 0 unspecified atom stereocenters. The van der Waals surface area contributed by atoms with Crippen LogP contribution < -0.4 is 0 Å². The van der Waals surface area contributed by atoms with Gasteiger partial charge in [-0.15, -0.1) is 0 Å². The van der Waals surface area contributed by atoms with Gasteiger partial charge in [0.25, 0.3) is 0 Å². The van der Waals surface area contributed by atoms with E-state index in [1.807, 2.05) is 25.1 Å². The van der Waals surface area contributed by atoms with Gasteiger partial charge in [0.1, 0.15) is 5.82 Å². The summed E-state index contributed by atoms with van der Waals surface area (Å²) in [7, 11) is 0. The van der Waals surface area contributed by atoms with Crippen LogP contribution in [0.2, 0.25) is 0 Å². The minimum Gasteiger partial charge on any atom is -0.289 e. The summed E-state index contributed by atoms with van der Waals surface area (Å²) in [4.78, 5) is 12.3. The van der Waals surface area contributed by atoms with Gasteiger partial charge < -0.3 is 0 Å². The zero-order valence-corrected chi connectivity index (χ0v) is 11.7. The lowest BCUT2D eigenvalue weighted by molar-refractivity contribution is 0.103. The molecule has 0 spiro atoms. The maximum absolute atomic E-state index is 13.2. The lowest BCUT2D eigenvalue weighted by Crippen LogP contribution is -2.03. The summed E-state index contributed by atoms with van der Waals surface area (Å²) in [6.45, 7) is 3.58. The van der Waals surface area contributed by atoms with E-state index in [0.717, 1.165) is 10.0 Å². The Kier molecular flexibility index (Phi) is 3.62. The molecule has 0 heterocycles. The van der Waals surface area contributed by atoms with Crippen molar-refractivity contribution >= 4 is 21.7 Å². The second-order valence-electron chi connectivity index (χ2n) is 4.28. The predicted molar refractivity (Wildman–Crippen MR) is 73.4 cm³/mol. The zero-order chi connectivity index (χ0) is 13.3. The fourth-order valence-corrected chi connectivity index (χ4v) is 2.18. The van der Waals surface area contributed by atoms with Crippen LogP contribution in [-0.4, -0.2) is 5.78 Å². The molecule has 0 N–H and O–H groups in total. The van der Waals surface area contributed by atoms with Crippen LogP contribution in [0.5, 0.6) is 0 Å². The molecule has 1 nitrogen and oxygen atoms in total. The number of halogens is 2. The molecule has 0 aromatic heterocycles. The molecule has 0 fully saturated rings. The summed E-state index contributed by atoms with van der Waals surface area (Å²) in [5.41, 5.74) is 2.59. The van der Waals surface area contributed by atoms with Gasteiger partial charge >= 0.3 is 0 Å². The Morgan fingerprint density at radius 1 is 1.11 bits per heavy atom. The van der Waals surface area contributed by atoms with Crippen molar-refractivity contribution in [1.82, 2.24) is 0 Å². The number of benzene rings is 2. The number of ketones is 1. The number of hydrogen-bond donors (Lipinski definition) is 0. The molecule has 18 heavy (non-hydrogen) atoms. The molecule has 0 saturated carbocycles. The number of hydrogen-bond acceptors (Lipinski definition) is 1. The molecule has 0 saturated heterocycles. The molecule has 0 aliphatic carbocycles. The average Bonchev–Trinajstić information content (AvgIpc) is 2.35. The molecule has 0 aliphatic heterocycles. The predicted octanol–water partition coefficient (Wildman–Crippen LogP) is 4.44. The van der Waals surface area contributed by atoms with Gasteiger partial charge in [-0.3, -0.25) is 4.79 Å². The Hall–Kier alpha value is -1.48. The summed E-state index contributed by atoms with van der Waals surface area (Å²) in [6, 6.07) is 10.0. The molecule has 0 amide bonds. The Balaban J connectivity index is 2.47. The highest BCUT2D eigenvalue weighted by Gasteiger charge is 2.13. The van der Waals surface area contributed by atoms with E-state index in [1.165, 1.54) is 12.1 Å². The third kappa shape index (κ3) is 2.51. The maximum atomic E-state index is 13.2. The summed E-state index contributed by atoms with van der Waals surface area (Å²) in [5, 5.41) is 0. The van der Waals surface area contributed by atoms with Crippen molar-refractivity contribution in [2.24, 2.45) is 0 Å². The Labute approximate surface area is 114 Å². The van der Waals surface area contributed by atoms with Gasteiger partial charge in [0, 0.05) is 15.6 Å². The first-order valence-electron chi connectivity index (χ1n) is 5.56. The van der Waals surface area contributed by atoms with Crippen molar-refractivity contribution in [2.75, 3.05) is 0 Å². The molecule has 2 aromatic rings. The van der Waals surface area contributed by atoms with Crippen molar-refractivity contribution in [3.8, 4) is 0 Å². The van der Waals surface area contributed by atoms with Crippen LogP contribution >= 0.6 is 15.9 Å². The number of carbonyl (C=O) groups excluding carboxylic acids is 1. The zero-order valence-electron chi connectivity index (χ0n) is 10.1. The summed E-state index contributed by atoms with van der Waals surface area (Å²) in [5.74, 6) is -0.400. The lowest BCUT2D eigenvalue weighted by atomic mass is 10.0. The second-order valence-corrected chi connectivity index (χ2v) is 5.13. The van der Waals surface area contributed by atoms with Crippen LogP contribution in [0.25, 0.3) is 0 Å². The first-order valence-corrected chi connectivity index (χ1v) is 6.35. The summed E-state index contributed by atoms with van der Waals surface area (Å²) < 4.78 is 13.9. The van der Waals surface area contributed by atoms with Gasteiger partial charge in [-0.25, -0.2) is 4.39 Å². The topological polar surface area (TPSA) is 17.1 Å². The molecule has 2 rings (SSSR count). The standard InChI is InChI=1S/C15H12BrFO/c1-9-3-5-13(16)12(7-9)15(18)11-4-6-14(17)10(2)8-11/h3-8H,1-2H3. The number of rotatable bonds is 2. The largest absolute Gasteiger partial charge is 0.289 e. The van der Waals surface area contributed by atoms with E-state index in [1.54, 1.807) is 13.0 Å². The SMILES string of the molecule is Cc1ccc(Br)c(C(=O)c2ccc(F)c(C)c2)c1. The molecular formula is C15H12BrFO. The van der Waals surface area contributed by atoms with Gasteiger partial charge in [-0.05, 0) is 49.7 Å². The third-order valence-corrected chi connectivity index (χ3v) is 3.48. The Morgan fingerprint density at radius 3 is 2.50 bits per heavy atom. The molecule has 2 aromatic carbocycles. The average molecular weight is 307 g/mol. The van der Waals surface area contributed by atoms with Crippen LogP contribution in [0.1, 0.15) is 27.0 Å². The maximum Gasteiger partial charge on any atom is 0.194 e. The van der Waals surface area contributed by atoms with Gasteiger partial charge in [0.2, 0.25) is 0 Å². The van der Waals surface area contributed by atoms with Crippen LogP contribution in [0.4, 0.5) is 4.39 Å². The minimum absolute atomic E-state index is 0.103. The first-order chi connectivity index (χ1) is 8.49. The Morgan fingerprint density at radius 2 is 1.83 bits per heavy atom. The summed E-state index contributed by atoms with van der Waals surface area (Å²) >= 11 is 3.37. The number of carbonyl (C=O) groups is 1. The van der Waals surface area contributed by atoms with Crippen molar-refractivity contribution < 1.29 is 9.18 Å². The molecule has 0 radical (unpaired) electrons. The molecule has 0 atom stereocenters. The first kappa shape index (κ1) is 13.0.